The van der Waals surface area contributed by atoms with E-state index in [0.717, 1.165) is 49.8 Å². The third kappa shape index (κ3) is 5.38. The Morgan fingerprint density at radius 2 is 1.52 bits per heavy atom. The van der Waals surface area contributed by atoms with E-state index in [4.69, 9.17) is 0 Å². The molecule has 0 aliphatic heterocycles. The zero-order chi connectivity index (χ0) is 21.0. The molecule has 0 bridgehead atoms. The highest BCUT2D eigenvalue weighted by molar-refractivity contribution is 5.39. The number of rotatable bonds is 3. The Morgan fingerprint density at radius 1 is 0.931 bits per heavy atom. The summed E-state index contributed by atoms with van der Waals surface area (Å²) >= 11 is 0. The van der Waals surface area contributed by atoms with E-state index in [1.807, 2.05) is 6.92 Å². The second-order valence-electron chi connectivity index (χ2n) is 7.62. The lowest BCUT2D eigenvalue weighted by Crippen LogP contribution is -2.12. The first-order chi connectivity index (χ1) is 13.8. The van der Waals surface area contributed by atoms with E-state index in [2.05, 4.69) is 11.8 Å². The molecule has 0 amide bonds. The first-order valence-corrected chi connectivity index (χ1v) is 9.94. The number of hydrogen-bond donors (Lipinski definition) is 0. The maximum absolute atomic E-state index is 14.2. The van der Waals surface area contributed by atoms with E-state index >= 15 is 0 Å². The second kappa shape index (κ2) is 8.98. The molecule has 0 unspecified atom stereocenters. The molecule has 0 saturated heterocycles. The molecule has 1 aliphatic rings. The zero-order valence-corrected chi connectivity index (χ0v) is 16.3. The van der Waals surface area contributed by atoms with Gasteiger partial charge in [0.1, 0.15) is 11.6 Å². The van der Waals surface area contributed by atoms with Gasteiger partial charge >= 0.3 is 6.18 Å². The summed E-state index contributed by atoms with van der Waals surface area (Å²) in [6.07, 6.45) is 0.217. The predicted octanol–water partition coefficient (Wildman–Crippen LogP) is 7.26. The van der Waals surface area contributed by atoms with Crippen LogP contribution in [-0.2, 0) is 12.6 Å². The fourth-order valence-electron chi connectivity index (χ4n) is 3.87. The van der Waals surface area contributed by atoms with Crippen LogP contribution in [0.15, 0.2) is 36.4 Å². The SMILES string of the molecule is CCCc1cc(F)c(C#CC2CCC(c3ccc(C(F)(F)F)cc3)CC2)c(F)c1. The van der Waals surface area contributed by atoms with E-state index in [1.54, 1.807) is 12.1 Å². The van der Waals surface area contributed by atoms with Crippen molar-refractivity contribution in [3.63, 3.8) is 0 Å². The molecular weight excluding hydrogens is 383 g/mol. The molecule has 0 spiro atoms. The zero-order valence-electron chi connectivity index (χ0n) is 16.3. The van der Waals surface area contributed by atoms with Gasteiger partial charge in [-0.25, -0.2) is 8.78 Å². The second-order valence-corrected chi connectivity index (χ2v) is 7.62. The van der Waals surface area contributed by atoms with E-state index in [0.29, 0.717) is 12.0 Å². The van der Waals surface area contributed by atoms with Gasteiger partial charge in [0.2, 0.25) is 0 Å². The van der Waals surface area contributed by atoms with Crippen molar-refractivity contribution in [2.45, 2.75) is 57.5 Å². The van der Waals surface area contributed by atoms with Crippen LogP contribution in [0.5, 0.6) is 0 Å². The van der Waals surface area contributed by atoms with Gasteiger partial charge in [0.05, 0.1) is 11.1 Å². The number of halogens is 5. The molecule has 1 fully saturated rings. The van der Waals surface area contributed by atoms with E-state index in [-0.39, 0.29) is 17.4 Å². The standard InChI is InChI=1S/C24H23F5/c1-2-3-17-14-22(25)21(23(26)15-17)13-6-16-4-7-18(8-5-16)19-9-11-20(12-10-19)24(27,28)29/h9-12,14-16,18H,2-5,7-8H2,1H3. The molecule has 29 heavy (non-hydrogen) atoms. The number of benzene rings is 2. The summed E-state index contributed by atoms with van der Waals surface area (Å²) in [7, 11) is 0. The molecule has 2 aromatic rings. The molecule has 0 atom stereocenters. The molecule has 2 aromatic carbocycles. The topological polar surface area (TPSA) is 0 Å². The minimum absolute atomic E-state index is 0.0369. The highest BCUT2D eigenvalue weighted by Crippen LogP contribution is 2.37. The van der Waals surface area contributed by atoms with E-state index in [9.17, 15) is 22.0 Å². The van der Waals surface area contributed by atoms with Gasteiger partial charge < -0.3 is 0 Å². The normalized spacial score (nSPS) is 19.5. The summed E-state index contributed by atoms with van der Waals surface area (Å²) in [6.45, 7) is 1.95. The molecule has 0 radical (unpaired) electrons. The molecule has 0 N–H and O–H groups in total. The van der Waals surface area contributed by atoms with Gasteiger partial charge in [-0.2, -0.15) is 13.2 Å². The average molecular weight is 406 g/mol. The fourth-order valence-corrected chi connectivity index (χ4v) is 3.87. The molecule has 154 valence electrons. The van der Waals surface area contributed by atoms with Crippen molar-refractivity contribution >= 4 is 0 Å². The van der Waals surface area contributed by atoms with E-state index in [1.165, 1.54) is 12.1 Å². The quantitative estimate of drug-likeness (QED) is 0.372. The maximum atomic E-state index is 14.2. The lowest BCUT2D eigenvalue weighted by atomic mass is 9.79. The fraction of sp³-hybridized carbons (Fsp3) is 0.417. The largest absolute Gasteiger partial charge is 0.416 e. The smallest absolute Gasteiger partial charge is 0.206 e. The third-order valence-electron chi connectivity index (χ3n) is 5.48. The maximum Gasteiger partial charge on any atom is 0.416 e. The average Bonchev–Trinajstić information content (AvgIpc) is 2.67. The Labute approximate surface area is 168 Å². The Balaban J connectivity index is 1.63. The molecule has 1 aliphatic carbocycles. The Morgan fingerprint density at radius 3 is 2.03 bits per heavy atom. The summed E-state index contributed by atoms with van der Waals surface area (Å²) in [5, 5.41) is 0. The van der Waals surface area contributed by atoms with Crippen molar-refractivity contribution in [2.24, 2.45) is 5.92 Å². The first-order valence-electron chi connectivity index (χ1n) is 9.94. The molecule has 0 nitrogen and oxygen atoms in total. The molecule has 3 rings (SSSR count). The van der Waals surface area contributed by atoms with Crippen molar-refractivity contribution < 1.29 is 22.0 Å². The van der Waals surface area contributed by atoms with Crippen LogP contribution >= 0.6 is 0 Å². The predicted molar refractivity (Wildman–Crippen MR) is 103 cm³/mol. The third-order valence-corrected chi connectivity index (χ3v) is 5.48. The monoisotopic (exact) mass is 406 g/mol. The van der Waals surface area contributed by atoms with Gasteiger partial charge in [-0.3, -0.25) is 0 Å². The minimum Gasteiger partial charge on any atom is -0.206 e. The van der Waals surface area contributed by atoms with Gasteiger partial charge in [0.25, 0.3) is 0 Å². The Hall–Kier alpha value is -2.35. The summed E-state index contributed by atoms with van der Waals surface area (Å²) < 4.78 is 66.4. The summed E-state index contributed by atoms with van der Waals surface area (Å²) in [5.41, 5.74) is 0.697. The highest BCUT2D eigenvalue weighted by atomic mass is 19.4. The minimum atomic E-state index is -4.33. The van der Waals surface area contributed by atoms with Crippen LogP contribution in [0.4, 0.5) is 22.0 Å². The Bertz CT molecular complexity index is 869. The van der Waals surface area contributed by atoms with Crippen LogP contribution in [0.25, 0.3) is 0 Å². The summed E-state index contributed by atoms with van der Waals surface area (Å²) in [4.78, 5) is 0. The van der Waals surface area contributed by atoms with Crippen LogP contribution < -0.4 is 0 Å². The molecular formula is C24H23F5. The first kappa shape index (κ1) is 21.4. The van der Waals surface area contributed by atoms with Crippen molar-refractivity contribution in [3.05, 3.63) is 70.3 Å². The Kier molecular flexibility index (Phi) is 6.62. The van der Waals surface area contributed by atoms with Crippen molar-refractivity contribution in [3.8, 4) is 11.8 Å². The van der Waals surface area contributed by atoms with Gasteiger partial charge in [-0.05, 0) is 73.4 Å². The van der Waals surface area contributed by atoms with Gasteiger partial charge in [0.15, 0.2) is 0 Å². The molecule has 1 saturated carbocycles. The molecule has 0 heterocycles. The summed E-state index contributed by atoms with van der Waals surface area (Å²) in [5.74, 6) is 4.64. The summed E-state index contributed by atoms with van der Waals surface area (Å²) in [6, 6.07) is 8.02. The van der Waals surface area contributed by atoms with Crippen molar-refractivity contribution in [1.29, 1.82) is 0 Å². The lowest BCUT2D eigenvalue weighted by Gasteiger charge is -2.26. The highest BCUT2D eigenvalue weighted by Gasteiger charge is 2.30. The number of hydrogen-bond acceptors (Lipinski definition) is 0. The van der Waals surface area contributed by atoms with Gasteiger partial charge in [-0.15, -0.1) is 0 Å². The number of aryl methyl sites for hydroxylation is 1. The van der Waals surface area contributed by atoms with Crippen molar-refractivity contribution in [1.82, 2.24) is 0 Å². The van der Waals surface area contributed by atoms with Crippen LogP contribution in [0.2, 0.25) is 0 Å². The van der Waals surface area contributed by atoms with Gasteiger partial charge in [-0.1, -0.05) is 37.3 Å². The van der Waals surface area contributed by atoms with Crippen LogP contribution in [0, 0.1) is 29.4 Å². The van der Waals surface area contributed by atoms with Crippen LogP contribution in [0.3, 0.4) is 0 Å². The lowest BCUT2D eigenvalue weighted by molar-refractivity contribution is -0.137. The van der Waals surface area contributed by atoms with E-state index < -0.39 is 23.4 Å². The van der Waals surface area contributed by atoms with Crippen LogP contribution in [-0.4, -0.2) is 0 Å². The molecule has 5 heteroatoms. The van der Waals surface area contributed by atoms with Crippen LogP contribution in [0.1, 0.15) is 67.2 Å². The number of alkyl halides is 3. The van der Waals surface area contributed by atoms with Gasteiger partial charge in [0, 0.05) is 5.92 Å². The molecule has 0 aromatic heterocycles. The van der Waals surface area contributed by atoms with Crippen molar-refractivity contribution in [2.75, 3.05) is 0 Å².